The molecule has 0 aliphatic carbocycles. The van der Waals surface area contributed by atoms with Crippen molar-refractivity contribution in [2.24, 2.45) is 23.9 Å². The second kappa shape index (κ2) is 5.33. The topological polar surface area (TPSA) is 96.7 Å². The first-order valence-corrected chi connectivity index (χ1v) is 5.17. The molecule has 1 heterocycles. The van der Waals surface area contributed by atoms with Crippen LogP contribution in [-0.2, 0) is 7.05 Å². The van der Waals surface area contributed by atoms with Crippen LogP contribution in [0.2, 0.25) is 0 Å². The molecule has 1 aromatic rings. The van der Waals surface area contributed by atoms with Gasteiger partial charge in [0.2, 0.25) is 0 Å². The summed E-state index contributed by atoms with van der Waals surface area (Å²) in [7, 11) is 3.41. The molecule has 3 N–H and O–H groups in total. The summed E-state index contributed by atoms with van der Waals surface area (Å²) in [6.07, 6.45) is 3.15. The molecular weight excluding hydrogens is 222 g/mol. The molecular formula is C10H17N5O2. The molecule has 0 spiro atoms. The van der Waals surface area contributed by atoms with Crippen LogP contribution in [0.4, 0.5) is 0 Å². The Morgan fingerprint density at radius 1 is 1.76 bits per heavy atom. The second-order valence-corrected chi connectivity index (χ2v) is 4.01. The van der Waals surface area contributed by atoms with Gasteiger partial charge in [-0.05, 0) is 0 Å². The number of aryl methyl sites for hydroxylation is 1. The van der Waals surface area contributed by atoms with Gasteiger partial charge in [-0.1, -0.05) is 12.1 Å². The van der Waals surface area contributed by atoms with E-state index in [1.54, 1.807) is 31.9 Å². The number of amides is 1. The number of rotatable bonds is 4. The molecule has 7 heteroatoms. The van der Waals surface area contributed by atoms with Crippen LogP contribution in [0.3, 0.4) is 0 Å². The molecule has 0 fully saturated rings. The third kappa shape index (κ3) is 3.20. The average molecular weight is 239 g/mol. The molecule has 1 atom stereocenters. The summed E-state index contributed by atoms with van der Waals surface area (Å²) in [4.78, 5) is 13.4. The SMILES string of the molecule is CC(CN(C)C(=O)c1cnn(C)c1)/C(N)=N/O. The number of oxime groups is 1. The summed E-state index contributed by atoms with van der Waals surface area (Å²) in [6, 6.07) is 0. The minimum atomic E-state index is -0.203. The third-order valence-electron chi connectivity index (χ3n) is 2.47. The van der Waals surface area contributed by atoms with E-state index in [-0.39, 0.29) is 17.7 Å². The van der Waals surface area contributed by atoms with Crippen molar-refractivity contribution in [2.45, 2.75) is 6.92 Å². The monoisotopic (exact) mass is 239 g/mol. The number of amidine groups is 1. The summed E-state index contributed by atoms with van der Waals surface area (Å²) in [5, 5.41) is 15.4. The largest absolute Gasteiger partial charge is 0.409 e. The maximum atomic E-state index is 11.9. The first-order valence-electron chi connectivity index (χ1n) is 5.17. The highest BCUT2D eigenvalue weighted by Gasteiger charge is 2.17. The third-order valence-corrected chi connectivity index (χ3v) is 2.47. The number of hydrogen-bond acceptors (Lipinski definition) is 4. The highest BCUT2D eigenvalue weighted by atomic mass is 16.4. The number of carbonyl (C=O) groups is 1. The summed E-state index contributed by atoms with van der Waals surface area (Å²) >= 11 is 0. The van der Waals surface area contributed by atoms with E-state index in [9.17, 15) is 4.79 Å². The Bertz CT molecular complexity index is 426. The van der Waals surface area contributed by atoms with Crippen LogP contribution in [0.25, 0.3) is 0 Å². The fraction of sp³-hybridized carbons (Fsp3) is 0.500. The van der Waals surface area contributed by atoms with Gasteiger partial charge in [0.25, 0.3) is 5.91 Å². The Morgan fingerprint density at radius 2 is 2.41 bits per heavy atom. The van der Waals surface area contributed by atoms with Crippen molar-refractivity contribution in [3.63, 3.8) is 0 Å². The molecule has 0 saturated heterocycles. The average Bonchev–Trinajstić information content (AvgIpc) is 2.73. The van der Waals surface area contributed by atoms with Gasteiger partial charge >= 0.3 is 0 Å². The Morgan fingerprint density at radius 3 is 2.88 bits per heavy atom. The zero-order valence-corrected chi connectivity index (χ0v) is 10.2. The van der Waals surface area contributed by atoms with Crippen molar-refractivity contribution in [1.82, 2.24) is 14.7 Å². The van der Waals surface area contributed by atoms with E-state index in [0.29, 0.717) is 12.1 Å². The lowest BCUT2D eigenvalue weighted by molar-refractivity contribution is 0.0786. The Hall–Kier alpha value is -2.05. The van der Waals surface area contributed by atoms with Gasteiger partial charge in [-0.25, -0.2) is 0 Å². The Kier molecular flexibility index (Phi) is 4.08. The molecule has 0 radical (unpaired) electrons. The fourth-order valence-corrected chi connectivity index (χ4v) is 1.44. The number of aromatic nitrogens is 2. The van der Waals surface area contributed by atoms with Gasteiger partial charge in [0, 0.05) is 32.8 Å². The fourth-order valence-electron chi connectivity index (χ4n) is 1.44. The summed E-state index contributed by atoms with van der Waals surface area (Å²) in [5.74, 6) is -0.239. The maximum absolute atomic E-state index is 11.9. The molecule has 0 aromatic carbocycles. The number of nitrogens with zero attached hydrogens (tertiary/aromatic N) is 4. The normalized spacial score (nSPS) is 13.5. The predicted octanol–water partition coefficient (Wildman–Crippen LogP) is -0.125. The molecule has 94 valence electrons. The number of hydrogen-bond donors (Lipinski definition) is 2. The van der Waals surface area contributed by atoms with Gasteiger partial charge in [0.05, 0.1) is 11.8 Å². The molecule has 1 unspecified atom stereocenters. The zero-order chi connectivity index (χ0) is 13.0. The molecule has 17 heavy (non-hydrogen) atoms. The molecule has 0 aliphatic rings. The van der Waals surface area contributed by atoms with Gasteiger partial charge < -0.3 is 15.8 Å². The lowest BCUT2D eigenvalue weighted by Gasteiger charge is -2.20. The highest BCUT2D eigenvalue weighted by Crippen LogP contribution is 2.05. The lowest BCUT2D eigenvalue weighted by Crippen LogP contribution is -2.36. The quantitative estimate of drug-likeness (QED) is 0.331. The molecule has 0 aliphatic heterocycles. The van der Waals surface area contributed by atoms with Crippen LogP contribution >= 0.6 is 0 Å². The standard InChI is InChI=1S/C10H17N5O2/c1-7(9(11)13-17)5-14(2)10(16)8-4-12-15(3)6-8/h4,6-7,17H,5H2,1-3H3,(H2,11,13). The molecule has 1 amide bonds. The van der Waals surface area contributed by atoms with Crippen LogP contribution in [0.5, 0.6) is 0 Å². The van der Waals surface area contributed by atoms with Crippen molar-refractivity contribution in [3.05, 3.63) is 18.0 Å². The lowest BCUT2D eigenvalue weighted by atomic mass is 10.1. The highest BCUT2D eigenvalue weighted by molar-refractivity contribution is 5.94. The van der Waals surface area contributed by atoms with Gasteiger partial charge in [-0.15, -0.1) is 0 Å². The molecule has 7 nitrogen and oxygen atoms in total. The van der Waals surface area contributed by atoms with Crippen LogP contribution in [0.15, 0.2) is 17.5 Å². The van der Waals surface area contributed by atoms with Gasteiger partial charge in [0.1, 0.15) is 5.84 Å². The van der Waals surface area contributed by atoms with Crippen LogP contribution in [0, 0.1) is 5.92 Å². The number of nitrogens with two attached hydrogens (primary N) is 1. The zero-order valence-electron chi connectivity index (χ0n) is 10.2. The summed E-state index contributed by atoms with van der Waals surface area (Å²) in [6.45, 7) is 2.16. The minimum Gasteiger partial charge on any atom is -0.409 e. The summed E-state index contributed by atoms with van der Waals surface area (Å²) in [5.41, 5.74) is 5.97. The second-order valence-electron chi connectivity index (χ2n) is 4.01. The smallest absolute Gasteiger partial charge is 0.256 e. The van der Waals surface area contributed by atoms with Crippen molar-refractivity contribution in [1.29, 1.82) is 0 Å². The molecule has 0 saturated carbocycles. The first-order chi connectivity index (χ1) is 7.95. The van der Waals surface area contributed by atoms with Crippen LogP contribution in [-0.4, -0.2) is 45.2 Å². The van der Waals surface area contributed by atoms with E-state index in [4.69, 9.17) is 10.9 Å². The van der Waals surface area contributed by atoms with Crippen molar-refractivity contribution >= 4 is 11.7 Å². The van der Waals surface area contributed by atoms with E-state index in [2.05, 4.69) is 10.3 Å². The minimum absolute atomic E-state index is 0.107. The van der Waals surface area contributed by atoms with Crippen LogP contribution in [0.1, 0.15) is 17.3 Å². The predicted molar refractivity (Wildman–Crippen MR) is 62.7 cm³/mol. The summed E-state index contributed by atoms with van der Waals surface area (Å²) < 4.78 is 1.56. The number of carbonyl (C=O) groups excluding carboxylic acids is 1. The van der Waals surface area contributed by atoms with E-state index < -0.39 is 0 Å². The molecule has 1 rings (SSSR count). The Labute approximate surface area is 99.5 Å². The van der Waals surface area contributed by atoms with E-state index in [0.717, 1.165) is 0 Å². The first kappa shape index (κ1) is 13.0. The van der Waals surface area contributed by atoms with Gasteiger partial charge in [0.15, 0.2) is 0 Å². The Balaban J connectivity index is 2.65. The van der Waals surface area contributed by atoms with E-state index in [1.165, 1.54) is 11.1 Å². The van der Waals surface area contributed by atoms with E-state index >= 15 is 0 Å². The van der Waals surface area contributed by atoms with Gasteiger partial charge in [-0.3, -0.25) is 9.48 Å². The molecule has 0 bridgehead atoms. The van der Waals surface area contributed by atoms with Crippen molar-refractivity contribution in [3.8, 4) is 0 Å². The maximum Gasteiger partial charge on any atom is 0.256 e. The molecule has 1 aromatic heterocycles. The van der Waals surface area contributed by atoms with Crippen molar-refractivity contribution < 1.29 is 10.0 Å². The van der Waals surface area contributed by atoms with Crippen molar-refractivity contribution in [2.75, 3.05) is 13.6 Å². The van der Waals surface area contributed by atoms with Gasteiger partial charge in [-0.2, -0.15) is 5.10 Å². The van der Waals surface area contributed by atoms with Crippen LogP contribution < -0.4 is 5.73 Å². The van der Waals surface area contributed by atoms with E-state index in [1.807, 2.05) is 0 Å².